The number of hydrazone groups is 1. The van der Waals surface area contributed by atoms with Crippen LogP contribution in [0.4, 0.5) is 5.69 Å². The van der Waals surface area contributed by atoms with Crippen LogP contribution >= 0.6 is 39.1 Å². The molecule has 0 aromatic heterocycles. The minimum atomic E-state index is -0.296. The quantitative estimate of drug-likeness (QED) is 0.129. The van der Waals surface area contributed by atoms with Gasteiger partial charge < -0.3 is 19.1 Å². The van der Waals surface area contributed by atoms with E-state index in [0.29, 0.717) is 37.1 Å². The Bertz CT molecular complexity index is 1660. The van der Waals surface area contributed by atoms with Gasteiger partial charge in [0.2, 0.25) is 0 Å². The number of nitrogens with one attached hydrogen (secondary N) is 1. The average molecular weight is 712 g/mol. The van der Waals surface area contributed by atoms with Crippen molar-refractivity contribution in [1.29, 1.82) is 0 Å². The monoisotopic (exact) mass is 710 g/mol. The fourth-order valence-corrected chi connectivity index (χ4v) is 5.92. The lowest BCUT2D eigenvalue weighted by molar-refractivity contribution is 0.0955. The molecule has 0 saturated carbocycles. The van der Waals surface area contributed by atoms with Gasteiger partial charge in [0.1, 0.15) is 12.4 Å². The molecule has 5 rings (SSSR count). The summed E-state index contributed by atoms with van der Waals surface area (Å²) in [6.45, 7) is 4.84. The lowest BCUT2D eigenvalue weighted by Gasteiger charge is -2.36. The van der Waals surface area contributed by atoms with Crippen LogP contribution in [-0.2, 0) is 13.2 Å². The van der Waals surface area contributed by atoms with Crippen molar-refractivity contribution in [2.24, 2.45) is 5.10 Å². The molecule has 0 spiro atoms. The van der Waals surface area contributed by atoms with Crippen molar-refractivity contribution < 1.29 is 19.0 Å². The van der Waals surface area contributed by atoms with Gasteiger partial charge in [-0.15, -0.1) is 0 Å². The van der Waals surface area contributed by atoms with Crippen LogP contribution in [0, 0.1) is 0 Å². The van der Waals surface area contributed by atoms with Gasteiger partial charge in [0, 0.05) is 38.3 Å². The van der Waals surface area contributed by atoms with Crippen molar-refractivity contribution >= 4 is 56.9 Å². The summed E-state index contributed by atoms with van der Waals surface area (Å²) in [7, 11) is 3.27. The van der Waals surface area contributed by atoms with Crippen molar-refractivity contribution in [3.05, 3.63) is 116 Å². The number of benzene rings is 4. The number of amides is 1. The van der Waals surface area contributed by atoms with Crippen LogP contribution < -0.4 is 24.5 Å². The molecular formula is C34H33BrCl2N4O4. The Morgan fingerprint density at radius 3 is 2.31 bits per heavy atom. The molecular weight excluding hydrogens is 679 g/mol. The zero-order valence-corrected chi connectivity index (χ0v) is 28.0. The molecule has 0 aliphatic carbocycles. The smallest absolute Gasteiger partial charge is 0.271 e. The summed E-state index contributed by atoms with van der Waals surface area (Å²) in [4.78, 5) is 17.5. The molecule has 1 heterocycles. The number of halogens is 3. The van der Waals surface area contributed by atoms with Gasteiger partial charge in [0.15, 0.2) is 11.5 Å². The van der Waals surface area contributed by atoms with Gasteiger partial charge in [-0.05, 0) is 81.2 Å². The van der Waals surface area contributed by atoms with Crippen LogP contribution in [0.15, 0.2) is 88.4 Å². The molecule has 0 atom stereocenters. The van der Waals surface area contributed by atoms with Crippen molar-refractivity contribution in [3.63, 3.8) is 0 Å². The Kier molecular flexibility index (Phi) is 11.2. The van der Waals surface area contributed by atoms with E-state index in [-0.39, 0.29) is 12.5 Å². The van der Waals surface area contributed by atoms with Gasteiger partial charge in [-0.25, -0.2) is 5.43 Å². The standard InChI is InChI=1S/C34H33BrCl2N4O4/c1-43-31-6-4-3-5-30(31)41-15-13-40(14-16-41)21-23-7-10-26(11-8-23)34(42)39-38-20-25-17-27(35)33(32(19-25)44-2)45-22-24-9-12-28(36)29(37)18-24/h3-12,17-20H,13-16,21-22H2,1-2H3,(H,39,42)/b38-20-. The highest BCUT2D eigenvalue weighted by atomic mass is 79.9. The molecule has 1 amide bonds. The highest BCUT2D eigenvalue weighted by Gasteiger charge is 2.20. The first-order valence-corrected chi connectivity index (χ1v) is 15.9. The summed E-state index contributed by atoms with van der Waals surface area (Å²) in [6, 6.07) is 24.7. The van der Waals surface area contributed by atoms with E-state index < -0.39 is 0 Å². The first kappa shape index (κ1) is 32.6. The second kappa shape index (κ2) is 15.5. The number of methoxy groups -OCH3 is 2. The van der Waals surface area contributed by atoms with Crippen LogP contribution in [0.25, 0.3) is 0 Å². The number of para-hydroxylation sites is 2. The highest BCUT2D eigenvalue weighted by molar-refractivity contribution is 9.10. The molecule has 1 aliphatic heterocycles. The number of hydrogen-bond acceptors (Lipinski definition) is 7. The normalized spacial score (nSPS) is 13.6. The van der Waals surface area contributed by atoms with E-state index in [9.17, 15) is 4.79 Å². The number of rotatable bonds is 11. The van der Waals surface area contributed by atoms with Gasteiger partial charge in [-0.3, -0.25) is 9.69 Å². The zero-order valence-electron chi connectivity index (χ0n) is 24.9. The first-order valence-electron chi connectivity index (χ1n) is 14.3. The third-order valence-electron chi connectivity index (χ3n) is 7.42. The minimum Gasteiger partial charge on any atom is -0.495 e. The Hall–Kier alpha value is -3.76. The zero-order chi connectivity index (χ0) is 31.8. The number of piperazine rings is 1. The Morgan fingerprint density at radius 2 is 1.60 bits per heavy atom. The van der Waals surface area contributed by atoms with E-state index in [1.165, 1.54) is 0 Å². The fourth-order valence-electron chi connectivity index (χ4n) is 5.03. The van der Waals surface area contributed by atoms with Crippen LogP contribution in [0.1, 0.15) is 27.0 Å². The molecule has 1 saturated heterocycles. The van der Waals surface area contributed by atoms with Crippen molar-refractivity contribution in [2.75, 3.05) is 45.3 Å². The van der Waals surface area contributed by atoms with Crippen molar-refractivity contribution in [2.45, 2.75) is 13.2 Å². The molecule has 1 aliphatic rings. The van der Waals surface area contributed by atoms with E-state index in [1.54, 1.807) is 38.6 Å². The van der Waals surface area contributed by atoms with Gasteiger partial charge in [0.05, 0.1) is 40.6 Å². The van der Waals surface area contributed by atoms with Crippen molar-refractivity contribution in [1.82, 2.24) is 10.3 Å². The van der Waals surface area contributed by atoms with E-state index in [0.717, 1.165) is 55.3 Å². The largest absolute Gasteiger partial charge is 0.495 e. The van der Waals surface area contributed by atoms with Gasteiger partial charge in [0.25, 0.3) is 5.91 Å². The maximum absolute atomic E-state index is 12.7. The maximum atomic E-state index is 12.7. The molecule has 45 heavy (non-hydrogen) atoms. The number of carbonyl (C=O) groups is 1. The molecule has 0 bridgehead atoms. The van der Waals surface area contributed by atoms with E-state index in [1.807, 2.05) is 54.6 Å². The Labute approximate surface area is 281 Å². The summed E-state index contributed by atoms with van der Waals surface area (Å²) in [5, 5.41) is 5.09. The summed E-state index contributed by atoms with van der Waals surface area (Å²) in [5.74, 6) is 1.64. The van der Waals surface area contributed by atoms with Crippen LogP contribution in [0.3, 0.4) is 0 Å². The van der Waals surface area contributed by atoms with E-state index in [2.05, 4.69) is 42.3 Å². The van der Waals surface area contributed by atoms with Crippen LogP contribution in [0.5, 0.6) is 17.2 Å². The minimum absolute atomic E-state index is 0.272. The molecule has 0 unspecified atom stereocenters. The summed E-state index contributed by atoms with van der Waals surface area (Å²) >= 11 is 15.7. The molecule has 4 aromatic carbocycles. The molecule has 4 aromatic rings. The number of anilines is 1. The topological polar surface area (TPSA) is 75.6 Å². The third kappa shape index (κ3) is 8.49. The van der Waals surface area contributed by atoms with E-state index in [4.69, 9.17) is 37.4 Å². The predicted molar refractivity (Wildman–Crippen MR) is 183 cm³/mol. The Morgan fingerprint density at radius 1 is 0.889 bits per heavy atom. The molecule has 0 radical (unpaired) electrons. The van der Waals surface area contributed by atoms with Crippen LogP contribution in [0.2, 0.25) is 10.0 Å². The summed E-state index contributed by atoms with van der Waals surface area (Å²) in [6.07, 6.45) is 1.55. The second-order valence-electron chi connectivity index (χ2n) is 10.4. The second-order valence-corrected chi connectivity index (χ2v) is 12.1. The number of nitrogens with zero attached hydrogens (tertiary/aromatic N) is 3. The van der Waals surface area contributed by atoms with Crippen molar-refractivity contribution in [3.8, 4) is 17.2 Å². The highest BCUT2D eigenvalue weighted by Crippen LogP contribution is 2.37. The van der Waals surface area contributed by atoms with Gasteiger partial charge >= 0.3 is 0 Å². The van der Waals surface area contributed by atoms with Crippen LogP contribution in [-0.4, -0.2) is 57.4 Å². The predicted octanol–water partition coefficient (Wildman–Crippen LogP) is 7.44. The van der Waals surface area contributed by atoms with Gasteiger partial charge in [-0.2, -0.15) is 5.10 Å². The Balaban J connectivity index is 1.12. The lowest BCUT2D eigenvalue weighted by Crippen LogP contribution is -2.46. The number of ether oxygens (including phenoxy) is 3. The molecule has 8 nitrogen and oxygen atoms in total. The van der Waals surface area contributed by atoms with Gasteiger partial charge in [-0.1, -0.05) is 53.5 Å². The maximum Gasteiger partial charge on any atom is 0.271 e. The molecule has 1 fully saturated rings. The molecule has 234 valence electrons. The number of hydrogen-bond donors (Lipinski definition) is 1. The number of carbonyl (C=O) groups excluding carboxylic acids is 1. The lowest BCUT2D eigenvalue weighted by atomic mass is 10.1. The molecule has 11 heteroatoms. The van der Waals surface area contributed by atoms with E-state index >= 15 is 0 Å². The first-order chi connectivity index (χ1) is 21.8. The SMILES string of the molecule is COc1ccccc1N1CCN(Cc2ccc(C(=O)N/N=C\c3cc(Br)c(OCc4ccc(Cl)c(Cl)c4)c(OC)c3)cc2)CC1. The molecule has 1 N–H and O–H groups in total. The average Bonchev–Trinajstić information content (AvgIpc) is 3.06. The summed E-state index contributed by atoms with van der Waals surface area (Å²) in [5.41, 5.74) is 6.99. The summed E-state index contributed by atoms with van der Waals surface area (Å²) < 4.78 is 17.7. The third-order valence-corrected chi connectivity index (χ3v) is 8.75. The fraction of sp³-hybridized carbons (Fsp3) is 0.235.